The summed E-state index contributed by atoms with van der Waals surface area (Å²) in [6.07, 6.45) is 0. The average molecular weight is 283 g/mol. The first-order valence-corrected chi connectivity index (χ1v) is 7.01. The van der Waals surface area contributed by atoms with Crippen LogP contribution in [0.3, 0.4) is 0 Å². The van der Waals surface area contributed by atoms with Gasteiger partial charge in [0, 0.05) is 18.7 Å². The van der Waals surface area contributed by atoms with Gasteiger partial charge in [-0.1, -0.05) is 30.3 Å². The molecule has 0 aliphatic carbocycles. The molecule has 0 saturated carbocycles. The fourth-order valence-electron chi connectivity index (χ4n) is 2.34. The lowest BCUT2D eigenvalue weighted by Crippen LogP contribution is -2.30. The molecule has 2 aromatic rings. The van der Waals surface area contributed by atoms with Crippen molar-refractivity contribution in [2.75, 3.05) is 13.3 Å². The Bertz CT molecular complexity index is 640. The Kier molecular flexibility index (Phi) is 3.77. The normalized spacial score (nSPS) is 12.2. The average Bonchev–Trinajstić information content (AvgIpc) is 3.00. The van der Waals surface area contributed by atoms with Gasteiger partial charge in [0.15, 0.2) is 11.5 Å². The predicted octanol–water partition coefficient (Wildman–Crippen LogP) is 3.08. The van der Waals surface area contributed by atoms with Crippen LogP contribution in [-0.4, -0.2) is 24.1 Å². The van der Waals surface area contributed by atoms with Crippen LogP contribution in [-0.2, 0) is 6.54 Å². The zero-order valence-electron chi connectivity index (χ0n) is 11.9. The first kappa shape index (κ1) is 13.5. The van der Waals surface area contributed by atoms with Gasteiger partial charge < -0.3 is 14.4 Å². The van der Waals surface area contributed by atoms with Crippen molar-refractivity contribution in [1.82, 2.24) is 4.90 Å². The topological polar surface area (TPSA) is 38.8 Å². The zero-order chi connectivity index (χ0) is 14.7. The quantitative estimate of drug-likeness (QED) is 0.865. The van der Waals surface area contributed by atoms with E-state index in [4.69, 9.17) is 9.47 Å². The molecule has 1 aliphatic heterocycles. The van der Waals surface area contributed by atoms with Gasteiger partial charge in [-0.15, -0.1) is 0 Å². The number of fused-ring (bicyclic) bond motifs is 1. The Morgan fingerprint density at radius 1 is 1.10 bits per heavy atom. The molecule has 4 nitrogen and oxygen atoms in total. The van der Waals surface area contributed by atoms with E-state index in [0.717, 1.165) is 5.56 Å². The molecule has 4 heteroatoms. The van der Waals surface area contributed by atoms with Crippen molar-refractivity contribution in [2.45, 2.75) is 13.5 Å². The molecule has 2 aromatic carbocycles. The zero-order valence-corrected chi connectivity index (χ0v) is 11.9. The van der Waals surface area contributed by atoms with Crippen LogP contribution in [0.4, 0.5) is 0 Å². The van der Waals surface area contributed by atoms with Crippen molar-refractivity contribution in [1.29, 1.82) is 0 Å². The van der Waals surface area contributed by atoms with Gasteiger partial charge in [-0.05, 0) is 30.7 Å². The Hall–Kier alpha value is -2.49. The number of rotatable bonds is 4. The van der Waals surface area contributed by atoms with Gasteiger partial charge >= 0.3 is 0 Å². The molecule has 0 bridgehead atoms. The minimum atomic E-state index is -0.000321. The number of amides is 1. The summed E-state index contributed by atoms with van der Waals surface area (Å²) >= 11 is 0. The van der Waals surface area contributed by atoms with E-state index in [1.165, 1.54) is 0 Å². The van der Waals surface area contributed by atoms with E-state index in [-0.39, 0.29) is 12.7 Å². The lowest BCUT2D eigenvalue weighted by Gasteiger charge is -2.21. The fourth-order valence-corrected chi connectivity index (χ4v) is 2.34. The third kappa shape index (κ3) is 2.84. The first-order chi connectivity index (χ1) is 10.3. The SMILES string of the molecule is CCN(Cc1ccccc1)C(=O)c1ccc2c(c1)OCO2. The van der Waals surface area contributed by atoms with Crippen LogP contribution in [0.5, 0.6) is 11.5 Å². The highest BCUT2D eigenvalue weighted by atomic mass is 16.7. The lowest BCUT2D eigenvalue weighted by molar-refractivity contribution is 0.0752. The smallest absolute Gasteiger partial charge is 0.254 e. The highest BCUT2D eigenvalue weighted by Gasteiger charge is 2.19. The maximum Gasteiger partial charge on any atom is 0.254 e. The second-order valence-electron chi connectivity index (χ2n) is 4.87. The summed E-state index contributed by atoms with van der Waals surface area (Å²) in [4.78, 5) is 14.4. The Morgan fingerprint density at radius 2 is 1.86 bits per heavy atom. The molecule has 0 unspecified atom stereocenters. The largest absolute Gasteiger partial charge is 0.454 e. The molecule has 1 amide bonds. The molecule has 0 spiro atoms. The Morgan fingerprint density at radius 3 is 2.62 bits per heavy atom. The van der Waals surface area contributed by atoms with Crippen molar-refractivity contribution < 1.29 is 14.3 Å². The van der Waals surface area contributed by atoms with Crippen molar-refractivity contribution in [3.63, 3.8) is 0 Å². The molecule has 21 heavy (non-hydrogen) atoms. The van der Waals surface area contributed by atoms with Gasteiger partial charge in [-0.2, -0.15) is 0 Å². The fraction of sp³-hybridized carbons (Fsp3) is 0.235. The van der Waals surface area contributed by atoms with E-state index in [9.17, 15) is 4.79 Å². The molecule has 0 fully saturated rings. The van der Waals surface area contributed by atoms with Gasteiger partial charge in [-0.25, -0.2) is 0 Å². The second kappa shape index (κ2) is 5.87. The number of carbonyl (C=O) groups is 1. The number of carbonyl (C=O) groups excluding carboxylic acids is 1. The molecule has 1 aliphatic rings. The van der Waals surface area contributed by atoms with Crippen LogP contribution in [0.15, 0.2) is 48.5 Å². The van der Waals surface area contributed by atoms with Crippen LogP contribution in [0.1, 0.15) is 22.8 Å². The minimum absolute atomic E-state index is 0.000321. The summed E-state index contributed by atoms with van der Waals surface area (Å²) < 4.78 is 10.6. The molecule has 0 N–H and O–H groups in total. The maximum atomic E-state index is 12.6. The van der Waals surface area contributed by atoms with E-state index >= 15 is 0 Å². The van der Waals surface area contributed by atoms with Crippen molar-refractivity contribution in [2.24, 2.45) is 0 Å². The van der Waals surface area contributed by atoms with Gasteiger partial charge in [0.05, 0.1) is 0 Å². The third-order valence-electron chi connectivity index (χ3n) is 3.50. The number of ether oxygens (including phenoxy) is 2. The first-order valence-electron chi connectivity index (χ1n) is 7.01. The Balaban J connectivity index is 1.79. The standard InChI is InChI=1S/C17H17NO3/c1-2-18(11-13-6-4-3-5-7-13)17(19)14-8-9-15-16(10-14)21-12-20-15/h3-10H,2,11-12H2,1H3. The maximum absolute atomic E-state index is 12.6. The number of nitrogens with zero attached hydrogens (tertiary/aromatic N) is 1. The van der Waals surface area contributed by atoms with Gasteiger partial charge in [0.2, 0.25) is 6.79 Å². The summed E-state index contributed by atoms with van der Waals surface area (Å²) in [5.41, 5.74) is 1.74. The molecule has 3 rings (SSSR count). The summed E-state index contributed by atoms with van der Waals surface area (Å²) in [6, 6.07) is 15.3. The molecule has 0 aromatic heterocycles. The van der Waals surface area contributed by atoms with Gasteiger partial charge in [-0.3, -0.25) is 4.79 Å². The number of hydrogen-bond donors (Lipinski definition) is 0. The van der Waals surface area contributed by atoms with Gasteiger partial charge in [0.1, 0.15) is 0 Å². The number of hydrogen-bond acceptors (Lipinski definition) is 3. The third-order valence-corrected chi connectivity index (χ3v) is 3.50. The van der Waals surface area contributed by atoms with Crippen molar-refractivity contribution in [3.8, 4) is 11.5 Å². The molecular weight excluding hydrogens is 266 g/mol. The molecule has 0 radical (unpaired) electrons. The van der Waals surface area contributed by atoms with Crippen LogP contribution in [0.25, 0.3) is 0 Å². The lowest BCUT2D eigenvalue weighted by atomic mass is 10.1. The monoisotopic (exact) mass is 283 g/mol. The van der Waals surface area contributed by atoms with E-state index in [1.807, 2.05) is 42.2 Å². The van der Waals surface area contributed by atoms with E-state index in [2.05, 4.69) is 0 Å². The molecule has 108 valence electrons. The van der Waals surface area contributed by atoms with Crippen molar-refractivity contribution >= 4 is 5.91 Å². The summed E-state index contributed by atoms with van der Waals surface area (Å²) in [5, 5.41) is 0. The molecule has 0 atom stereocenters. The highest BCUT2D eigenvalue weighted by Crippen LogP contribution is 2.32. The van der Waals surface area contributed by atoms with Crippen molar-refractivity contribution in [3.05, 3.63) is 59.7 Å². The Labute approximate surface area is 123 Å². The van der Waals surface area contributed by atoms with E-state index < -0.39 is 0 Å². The highest BCUT2D eigenvalue weighted by molar-refractivity contribution is 5.95. The van der Waals surface area contributed by atoms with Gasteiger partial charge in [0.25, 0.3) is 5.91 Å². The van der Waals surface area contributed by atoms with Crippen LogP contribution in [0.2, 0.25) is 0 Å². The molecule has 1 heterocycles. The predicted molar refractivity (Wildman–Crippen MR) is 79.4 cm³/mol. The minimum Gasteiger partial charge on any atom is -0.454 e. The molecule has 0 saturated heterocycles. The summed E-state index contributed by atoms with van der Waals surface area (Å²) in [6.45, 7) is 3.45. The molecular formula is C17H17NO3. The van der Waals surface area contributed by atoms with Crippen LogP contribution >= 0.6 is 0 Å². The van der Waals surface area contributed by atoms with E-state index in [1.54, 1.807) is 18.2 Å². The summed E-state index contributed by atoms with van der Waals surface area (Å²) in [7, 11) is 0. The van der Waals surface area contributed by atoms with E-state index in [0.29, 0.717) is 30.2 Å². The second-order valence-corrected chi connectivity index (χ2v) is 4.87. The van der Waals surface area contributed by atoms with Crippen LogP contribution < -0.4 is 9.47 Å². The summed E-state index contributed by atoms with van der Waals surface area (Å²) in [5.74, 6) is 1.33. The number of benzene rings is 2. The van der Waals surface area contributed by atoms with Crippen LogP contribution in [0, 0.1) is 0 Å².